The Kier molecular flexibility index (Phi) is 4.77. The van der Waals surface area contributed by atoms with Gasteiger partial charge in [0.2, 0.25) is 0 Å². The Morgan fingerprint density at radius 1 is 1.16 bits per heavy atom. The van der Waals surface area contributed by atoms with Crippen LogP contribution in [0.25, 0.3) is 0 Å². The molecule has 4 heteroatoms. The molecule has 0 aliphatic heterocycles. The molecule has 0 aliphatic carbocycles. The summed E-state index contributed by atoms with van der Waals surface area (Å²) >= 11 is 5.97. The molecule has 0 saturated heterocycles. The van der Waals surface area contributed by atoms with Crippen LogP contribution in [0.4, 0.5) is 4.39 Å². The van der Waals surface area contributed by atoms with Crippen molar-refractivity contribution >= 4 is 11.6 Å². The minimum atomic E-state index is -0.383. The summed E-state index contributed by atoms with van der Waals surface area (Å²) < 4.78 is 19.2. The maximum absolute atomic E-state index is 13.6. The van der Waals surface area contributed by atoms with Crippen LogP contribution >= 0.6 is 11.6 Å². The molecule has 19 heavy (non-hydrogen) atoms. The summed E-state index contributed by atoms with van der Waals surface area (Å²) in [5.41, 5.74) is 0.901. The van der Waals surface area contributed by atoms with Crippen molar-refractivity contribution in [2.75, 3.05) is 6.54 Å². The fraction of sp³-hybridized carbons (Fsp3) is 0.200. The number of benzene rings is 2. The molecule has 0 heterocycles. The Morgan fingerprint density at radius 2 is 1.95 bits per heavy atom. The van der Waals surface area contributed by atoms with Crippen LogP contribution in [0.3, 0.4) is 0 Å². The van der Waals surface area contributed by atoms with Crippen molar-refractivity contribution in [2.45, 2.75) is 13.5 Å². The van der Waals surface area contributed by atoms with Gasteiger partial charge in [-0.05, 0) is 36.9 Å². The lowest BCUT2D eigenvalue weighted by atomic mass is 10.2. The number of hydrogen-bond donors (Lipinski definition) is 1. The molecule has 1 N–H and O–H groups in total. The van der Waals surface area contributed by atoms with Crippen LogP contribution in [-0.2, 0) is 6.54 Å². The first-order valence-corrected chi connectivity index (χ1v) is 6.50. The lowest BCUT2D eigenvalue weighted by Crippen LogP contribution is -2.12. The minimum absolute atomic E-state index is 0.211. The van der Waals surface area contributed by atoms with E-state index in [-0.39, 0.29) is 11.6 Å². The van der Waals surface area contributed by atoms with Crippen molar-refractivity contribution < 1.29 is 9.13 Å². The van der Waals surface area contributed by atoms with E-state index in [9.17, 15) is 4.39 Å². The standard InChI is InChI=1S/C15H15ClFNO/c1-2-18-10-11-9-12(16)7-8-14(11)19-15-6-4-3-5-13(15)17/h3-9,18H,2,10H2,1H3. The second-order valence-corrected chi connectivity index (χ2v) is 4.50. The SMILES string of the molecule is CCNCc1cc(Cl)ccc1Oc1ccccc1F. The molecule has 0 aromatic heterocycles. The van der Waals surface area contributed by atoms with E-state index in [0.29, 0.717) is 17.3 Å². The highest BCUT2D eigenvalue weighted by atomic mass is 35.5. The van der Waals surface area contributed by atoms with E-state index in [1.54, 1.807) is 30.3 Å². The van der Waals surface area contributed by atoms with Gasteiger partial charge in [0.1, 0.15) is 5.75 Å². The number of ether oxygens (including phenoxy) is 1. The largest absolute Gasteiger partial charge is 0.454 e. The summed E-state index contributed by atoms with van der Waals surface area (Å²) in [6.45, 7) is 3.48. The van der Waals surface area contributed by atoms with Gasteiger partial charge in [0, 0.05) is 17.1 Å². The van der Waals surface area contributed by atoms with Crippen LogP contribution in [0.2, 0.25) is 5.02 Å². The fourth-order valence-electron chi connectivity index (χ4n) is 1.69. The third kappa shape index (κ3) is 3.69. The Bertz CT molecular complexity index is 560. The summed E-state index contributed by atoms with van der Waals surface area (Å²) in [5, 5.41) is 3.83. The average molecular weight is 280 g/mol. The van der Waals surface area contributed by atoms with Gasteiger partial charge in [0.05, 0.1) is 0 Å². The van der Waals surface area contributed by atoms with Crippen molar-refractivity contribution in [3.05, 3.63) is 58.9 Å². The van der Waals surface area contributed by atoms with Crippen LogP contribution in [-0.4, -0.2) is 6.54 Å². The van der Waals surface area contributed by atoms with E-state index in [2.05, 4.69) is 5.32 Å². The zero-order chi connectivity index (χ0) is 13.7. The third-order valence-corrected chi connectivity index (χ3v) is 2.88. The molecule has 2 aromatic carbocycles. The van der Waals surface area contributed by atoms with E-state index in [0.717, 1.165) is 12.1 Å². The lowest BCUT2D eigenvalue weighted by molar-refractivity contribution is 0.436. The highest BCUT2D eigenvalue weighted by Gasteiger charge is 2.08. The number of rotatable bonds is 5. The normalized spacial score (nSPS) is 10.5. The molecule has 0 saturated carbocycles. The van der Waals surface area contributed by atoms with Crippen LogP contribution < -0.4 is 10.1 Å². The molecule has 0 unspecified atom stereocenters. The molecule has 0 atom stereocenters. The summed E-state index contributed by atoms with van der Waals surface area (Å²) in [5.74, 6) is 0.435. The van der Waals surface area contributed by atoms with Crippen molar-refractivity contribution in [3.63, 3.8) is 0 Å². The topological polar surface area (TPSA) is 21.3 Å². The van der Waals surface area contributed by atoms with Gasteiger partial charge in [0.15, 0.2) is 11.6 Å². The Balaban J connectivity index is 2.26. The quantitative estimate of drug-likeness (QED) is 0.877. The summed E-state index contributed by atoms with van der Waals surface area (Å²) in [4.78, 5) is 0. The van der Waals surface area contributed by atoms with Gasteiger partial charge in [0.25, 0.3) is 0 Å². The second kappa shape index (κ2) is 6.55. The lowest BCUT2D eigenvalue weighted by Gasteiger charge is -2.12. The van der Waals surface area contributed by atoms with Gasteiger partial charge in [-0.2, -0.15) is 0 Å². The van der Waals surface area contributed by atoms with Gasteiger partial charge < -0.3 is 10.1 Å². The monoisotopic (exact) mass is 279 g/mol. The van der Waals surface area contributed by atoms with Gasteiger partial charge in [-0.1, -0.05) is 30.7 Å². The van der Waals surface area contributed by atoms with Gasteiger partial charge in [-0.3, -0.25) is 0 Å². The van der Waals surface area contributed by atoms with Crippen LogP contribution in [0.5, 0.6) is 11.5 Å². The first-order chi connectivity index (χ1) is 9.20. The molecule has 100 valence electrons. The molecule has 2 nitrogen and oxygen atoms in total. The zero-order valence-corrected chi connectivity index (χ0v) is 11.4. The Hall–Kier alpha value is -1.58. The zero-order valence-electron chi connectivity index (χ0n) is 10.6. The first kappa shape index (κ1) is 13.8. The van der Waals surface area contributed by atoms with Gasteiger partial charge in [-0.25, -0.2) is 4.39 Å². The number of hydrogen-bond acceptors (Lipinski definition) is 2. The Labute approximate surface area is 117 Å². The molecule has 0 aliphatic rings. The van der Waals surface area contributed by atoms with E-state index >= 15 is 0 Å². The molecule has 0 radical (unpaired) electrons. The highest BCUT2D eigenvalue weighted by molar-refractivity contribution is 6.30. The van der Waals surface area contributed by atoms with Gasteiger partial charge >= 0.3 is 0 Å². The van der Waals surface area contributed by atoms with Crippen LogP contribution in [0.15, 0.2) is 42.5 Å². The second-order valence-electron chi connectivity index (χ2n) is 4.06. The van der Waals surface area contributed by atoms with E-state index < -0.39 is 0 Å². The molecular formula is C15H15ClFNO. The average Bonchev–Trinajstić information content (AvgIpc) is 2.41. The van der Waals surface area contributed by atoms with E-state index in [1.165, 1.54) is 6.07 Å². The maximum atomic E-state index is 13.6. The molecule has 2 aromatic rings. The Morgan fingerprint density at radius 3 is 2.68 bits per heavy atom. The van der Waals surface area contributed by atoms with E-state index in [1.807, 2.05) is 13.0 Å². The molecule has 2 rings (SSSR count). The molecule has 0 bridgehead atoms. The third-order valence-electron chi connectivity index (χ3n) is 2.64. The van der Waals surface area contributed by atoms with Crippen LogP contribution in [0.1, 0.15) is 12.5 Å². The van der Waals surface area contributed by atoms with Crippen LogP contribution in [0, 0.1) is 5.82 Å². The minimum Gasteiger partial charge on any atom is -0.454 e. The van der Waals surface area contributed by atoms with Crippen molar-refractivity contribution in [3.8, 4) is 11.5 Å². The fourth-order valence-corrected chi connectivity index (χ4v) is 1.89. The molecular weight excluding hydrogens is 265 g/mol. The van der Waals surface area contributed by atoms with Gasteiger partial charge in [-0.15, -0.1) is 0 Å². The highest BCUT2D eigenvalue weighted by Crippen LogP contribution is 2.29. The van der Waals surface area contributed by atoms with Crippen molar-refractivity contribution in [1.82, 2.24) is 5.32 Å². The number of para-hydroxylation sites is 1. The predicted octanol–water partition coefficient (Wildman–Crippen LogP) is 4.38. The number of nitrogens with one attached hydrogen (secondary N) is 1. The smallest absolute Gasteiger partial charge is 0.165 e. The van der Waals surface area contributed by atoms with E-state index in [4.69, 9.17) is 16.3 Å². The van der Waals surface area contributed by atoms with Crippen molar-refractivity contribution in [2.24, 2.45) is 0 Å². The first-order valence-electron chi connectivity index (χ1n) is 6.12. The molecule has 0 spiro atoms. The summed E-state index contributed by atoms with van der Waals surface area (Å²) in [6.07, 6.45) is 0. The van der Waals surface area contributed by atoms with Crippen molar-refractivity contribution in [1.29, 1.82) is 0 Å². The summed E-state index contributed by atoms with van der Waals surface area (Å²) in [6, 6.07) is 11.6. The number of halogens is 2. The molecule has 0 amide bonds. The molecule has 0 fully saturated rings. The maximum Gasteiger partial charge on any atom is 0.165 e. The predicted molar refractivity (Wildman–Crippen MR) is 75.3 cm³/mol. The summed E-state index contributed by atoms with van der Waals surface area (Å²) in [7, 11) is 0.